The second kappa shape index (κ2) is 7.19. The summed E-state index contributed by atoms with van der Waals surface area (Å²) in [6, 6.07) is 19.0. The predicted octanol–water partition coefficient (Wildman–Crippen LogP) is 4.11. The lowest BCUT2D eigenvalue weighted by Gasteiger charge is -2.27. The van der Waals surface area contributed by atoms with E-state index in [4.69, 9.17) is 10.6 Å². The van der Waals surface area contributed by atoms with Crippen molar-refractivity contribution in [3.05, 3.63) is 77.1 Å². The Morgan fingerprint density at radius 2 is 1.74 bits per heavy atom. The number of rotatable bonds is 3. The third-order valence-electron chi connectivity index (χ3n) is 5.04. The van der Waals surface area contributed by atoms with E-state index in [1.165, 1.54) is 16.7 Å². The van der Waals surface area contributed by atoms with Crippen molar-refractivity contribution in [2.75, 3.05) is 12.8 Å². The summed E-state index contributed by atoms with van der Waals surface area (Å²) >= 11 is 0. The van der Waals surface area contributed by atoms with Crippen LogP contribution < -0.4 is 5.73 Å². The highest BCUT2D eigenvalue weighted by Gasteiger charge is 2.30. The molecule has 1 atom stereocenters. The van der Waals surface area contributed by atoms with Crippen molar-refractivity contribution in [3.63, 3.8) is 0 Å². The van der Waals surface area contributed by atoms with E-state index in [9.17, 15) is 0 Å². The van der Waals surface area contributed by atoms with Gasteiger partial charge in [-0.2, -0.15) is 0 Å². The zero-order valence-corrected chi connectivity index (χ0v) is 15.5. The zero-order valence-electron chi connectivity index (χ0n) is 15.5. The Hall–Kier alpha value is -3.21. The second-order valence-electron chi connectivity index (χ2n) is 6.77. The topological polar surface area (TPSA) is 73.4 Å². The van der Waals surface area contributed by atoms with Gasteiger partial charge in [0.25, 0.3) is 0 Å². The first-order chi connectivity index (χ1) is 13.2. The summed E-state index contributed by atoms with van der Waals surface area (Å²) in [4.78, 5) is 14.0. The number of benzene rings is 2. The molecule has 1 aliphatic rings. The summed E-state index contributed by atoms with van der Waals surface area (Å²) in [6.45, 7) is 1.94. The number of nitrogens with zero attached hydrogens (tertiary/aromatic N) is 3. The zero-order chi connectivity index (χ0) is 18.8. The molecular weight excluding hydrogens is 336 g/mol. The van der Waals surface area contributed by atoms with Crippen molar-refractivity contribution in [1.29, 1.82) is 0 Å². The summed E-state index contributed by atoms with van der Waals surface area (Å²) in [5, 5.41) is 4.29. The third kappa shape index (κ3) is 3.28. The molecule has 3 aromatic rings. The van der Waals surface area contributed by atoms with Gasteiger partial charge in [0.05, 0.1) is 17.1 Å². The molecule has 0 saturated carbocycles. The number of oxime groups is 1. The van der Waals surface area contributed by atoms with E-state index in [0.717, 1.165) is 35.5 Å². The fourth-order valence-corrected chi connectivity index (χ4v) is 3.97. The van der Waals surface area contributed by atoms with Crippen LogP contribution in [0.3, 0.4) is 0 Å². The molecule has 1 heterocycles. The molecule has 0 radical (unpaired) electrons. The van der Waals surface area contributed by atoms with Gasteiger partial charge in [-0.25, -0.2) is 9.97 Å². The van der Waals surface area contributed by atoms with Crippen LogP contribution in [-0.2, 0) is 11.3 Å². The van der Waals surface area contributed by atoms with Crippen LogP contribution >= 0.6 is 0 Å². The van der Waals surface area contributed by atoms with E-state index < -0.39 is 0 Å². The molecule has 1 aliphatic carbocycles. The Balaban J connectivity index is 1.82. The van der Waals surface area contributed by atoms with E-state index >= 15 is 0 Å². The number of nitrogens with two attached hydrogens (primary N) is 1. The molecule has 2 N–H and O–H groups in total. The van der Waals surface area contributed by atoms with Gasteiger partial charge in [-0.1, -0.05) is 59.8 Å². The molecule has 0 saturated heterocycles. The van der Waals surface area contributed by atoms with Crippen LogP contribution in [0.1, 0.15) is 34.9 Å². The van der Waals surface area contributed by atoms with Crippen LogP contribution in [0.5, 0.6) is 0 Å². The monoisotopic (exact) mass is 358 g/mol. The first-order valence-corrected chi connectivity index (χ1v) is 9.05. The molecule has 5 heteroatoms. The molecule has 1 unspecified atom stereocenters. The Bertz CT molecular complexity index is 998. The molecule has 0 spiro atoms. The maximum absolute atomic E-state index is 5.91. The van der Waals surface area contributed by atoms with Crippen molar-refractivity contribution < 1.29 is 4.84 Å². The largest absolute Gasteiger partial charge is 0.399 e. The van der Waals surface area contributed by atoms with Crippen LogP contribution in [-0.4, -0.2) is 22.8 Å². The van der Waals surface area contributed by atoms with Gasteiger partial charge in [0.15, 0.2) is 0 Å². The smallest absolute Gasteiger partial charge is 0.220 e. The van der Waals surface area contributed by atoms with E-state index in [1.54, 1.807) is 7.11 Å². The first kappa shape index (κ1) is 17.2. The highest BCUT2D eigenvalue weighted by atomic mass is 16.6. The van der Waals surface area contributed by atoms with Crippen LogP contribution in [0.2, 0.25) is 0 Å². The third-order valence-corrected chi connectivity index (χ3v) is 5.04. The maximum Gasteiger partial charge on any atom is 0.220 e. The van der Waals surface area contributed by atoms with Gasteiger partial charge in [-0.05, 0) is 36.0 Å². The summed E-state index contributed by atoms with van der Waals surface area (Å²) in [5.41, 5.74) is 13.3. The first-order valence-electron chi connectivity index (χ1n) is 9.05. The quantitative estimate of drug-likeness (QED) is 0.715. The van der Waals surface area contributed by atoms with Crippen molar-refractivity contribution in [1.82, 2.24) is 9.97 Å². The SMILES string of the molecule is CO/N=C1\CC(c2ccccc2-c2ccccc2)Cc2nc(N)nc(C)c21. The summed E-state index contributed by atoms with van der Waals surface area (Å²) < 4.78 is 0. The molecule has 0 fully saturated rings. The van der Waals surface area contributed by atoms with Gasteiger partial charge in [0.1, 0.15) is 7.11 Å². The van der Waals surface area contributed by atoms with Crippen LogP contribution in [0.4, 0.5) is 5.95 Å². The van der Waals surface area contributed by atoms with Gasteiger partial charge >= 0.3 is 0 Å². The highest BCUT2D eigenvalue weighted by Crippen LogP contribution is 2.38. The lowest BCUT2D eigenvalue weighted by Crippen LogP contribution is -2.24. The molecule has 4 rings (SSSR count). The molecule has 2 aromatic carbocycles. The van der Waals surface area contributed by atoms with E-state index in [2.05, 4.69) is 63.7 Å². The van der Waals surface area contributed by atoms with Crippen LogP contribution in [0.25, 0.3) is 11.1 Å². The predicted molar refractivity (Wildman–Crippen MR) is 108 cm³/mol. The number of hydrogen-bond acceptors (Lipinski definition) is 5. The van der Waals surface area contributed by atoms with Crippen LogP contribution in [0, 0.1) is 6.92 Å². The molecule has 0 bridgehead atoms. The molecule has 1 aromatic heterocycles. The Kier molecular flexibility index (Phi) is 4.59. The van der Waals surface area contributed by atoms with E-state index in [-0.39, 0.29) is 5.92 Å². The average Bonchev–Trinajstić information content (AvgIpc) is 2.68. The van der Waals surface area contributed by atoms with Gasteiger partial charge < -0.3 is 10.6 Å². The fraction of sp³-hybridized carbons (Fsp3) is 0.227. The Labute approximate surface area is 158 Å². The second-order valence-corrected chi connectivity index (χ2v) is 6.77. The van der Waals surface area contributed by atoms with Crippen molar-refractivity contribution >= 4 is 11.7 Å². The maximum atomic E-state index is 5.91. The normalized spacial score (nSPS) is 17.6. The number of anilines is 1. The fourth-order valence-electron chi connectivity index (χ4n) is 3.97. The number of nitrogen functional groups attached to an aromatic ring is 1. The van der Waals surface area contributed by atoms with Crippen LogP contribution in [0.15, 0.2) is 59.8 Å². The van der Waals surface area contributed by atoms with Gasteiger partial charge in [-0.15, -0.1) is 0 Å². The Morgan fingerprint density at radius 1 is 1.00 bits per heavy atom. The average molecular weight is 358 g/mol. The minimum absolute atomic E-state index is 0.247. The molecule has 136 valence electrons. The molecule has 0 aliphatic heterocycles. The number of aryl methyl sites for hydroxylation is 1. The minimum atomic E-state index is 0.247. The minimum Gasteiger partial charge on any atom is -0.399 e. The van der Waals surface area contributed by atoms with Crippen molar-refractivity contribution in [3.8, 4) is 11.1 Å². The number of fused-ring (bicyclic) bond motifs is 1. The highest BCUT2D eigenvalue weighted by molar-refractivity contribution is 6.03. The van der Waals surface area contributed by atoms with Gasteiger partial charge in [-0.3, -0.25) is 0 Å². The lowest BCUT2D eigenvalue weighted by atomic mass is 9.78. The summed E-state index contributed by atoms with van der Waals surface area (Å²) in [5.74, 6) is 0.552. The van der Waals surface area contributed by atoms with E-state index in [0.29, 0.717) is 5.95 Å². The molecular formula is C22H22N4O. The molecule has 5 nitrogen and oxygen atoms in total. The number of hydrogen-bond donors (Lipinski definition) is 1. The molecule has 27 heavy (non-hydrogen) atoms. The van der Waals surface area contributed by atoms with E-state index in [1.807, 2.05) is 13.0 Å². The number of aromatic nitrogens is 2. The molecule has 0 amide bonds. The van der Waals surface area contributed by atoms with Crippen molar-refractivity contribution in [2.45, 2.75) is 25.7 Å². The van der Waals surface area contributed by atoms with Crippen molar-refractivity contribution in [2.24, 2.45) is 5.16 Å². The van der Waals surface area contributed by atoms with Gasteiger partial charge in [0, 0.05) is 12.0 Å². The standard InChI is InChI=1S/C22H22N4O/c1-14-21-19(25-22(23)24-14)12-16(13-20(21)26-27-2)18-11-7-6-10-17(18)15-8-4-3-5-9-15/h3-11,16H,12-13H2,1-2H3,(H2,23,24,25)/b26-20+. The summed E-state index contributed by atoms with van der Waals surface area (Å²) in [7, 11) is 1.57. The van der Waals surface area contributed by atoms with Gasteiger partial charge in [0.2, 0.25) is 5.95 Å². The summed E-state index contributed by atoms with van der Waals surface area (Å²) in [6.07, 6.45) is 1.58. The Morgan fingerprint density at radius 3 is 2.52 bits per heavy atom. The lowest BCUT2D eigenvalue weighted by molar-refractivity contribution is 0.212.